The Labute approximate surface area is 231 Å². The summed E-state index contributed by atoms with van der Waals surface area (Å²) in [6.07, 6.45) is -12.0. The molecule has 0 aliphatic carbocycles. The topological polar surface area (TPSA) is 162 Å². The Morgan fingerprint density at radius 3 is 1.70 bits per heavy atom. The van der Waals surface area contributed by atoms with E-state index in [-0.39, 0.29) is 6.61 Å². The van der Waals surface area contributed by atoms with Gasteiger partial charge in [-0.15, -0.1) is 0 Å². The van der Waals surface area contributed by atoms with E-state index in [1.54, 1.807) is 13.8 Å². The highest BCUT2D eigenvalue weighted by molar-refractivity contribution is 5.68. The highest BCUT2D eigenvalue weighted by Crippen LogP contribution is 2.34. The molecule has 1 N–H and O–H groups in total. The molecule has 40 heavy (non-hydrogen) atoms. The summed E-state index contributed by atoms with van der Waals surface area (Å²) in [7, 11) is 0. The molecule has 0 radical (unpaired) electrons. The Bertz CT molecular complexity index is 1030. The summed E-state index contributed by atoms with van der Waals surface area (Å²) < 4.78 is 45.4. The molecular formula is C27H36O13. The third kappa shape index (κ3) is 8.21. The number of ether oxygens (including phenoxy) is 8. The van der Waals surface area contributed by atoms with E-state index in [1.807, 2.05) is 30.3 Å². The van der Waals surface area contributed by atoms with Crippen LogP contribution in [0, 0.1) is 0 Å². The van der Waals surface area contributed by atoms with Gasteiger partial charge in [0.1, 0.15) is 12.2 Å². The van der Waals surface area contributed by atoms with Crippen LogP contribution >= 0.6 is 0 Å². The second-order valence-corrected chi connectivity index (χ2v) is 9.60. The van der Waals surface area contributed by atoms with Crippen LogP contribution in [0.4, 0.5) is 0 Å². The molecule has 13 heteroatoms. The smallest absolute Gasteiger partial charge is 0.303 e. The standard InChI is InChI=1S/C27H36O13/c1-13-20(36-15(3)28)22(33-12-19-10-8-7-9-11-19)24(26(32)34-13)40-27-25(39-18(6)31)23(38-17(5)30)21(14(2)35-27)37-16(4)29/h7-11,13-14,20-27,32H,12H2,1-6H3/t13-,14-,20-,21+,22+,23+,24+,25-,26+,27+/m1/s1. The van der Waals surface area contributed by atoms with Gasteiger partial charge in [0.25, 0.3) is 0 Å². The van der Waals surface area contributed by atoms with Crippen molar-refractivity contribution in [2.45, 2.75) is 110 Å². The number of esters is 4. The predicted molar refractivity (Wildman–Crippen MR) is 133 cm³/mol. The van der Waals surface area contributed by atoms with E-state index < -0.39 is 85.3 Å². The number of aliphatic hydroxyl groups is 1. The van der Waals surface area contributed by atoms with Crippen molar-refractivity contribution >= 4 is 23.9 Å². The van der Waals surface area contributed by atoms with E-state index in [0.29, 0.717) is 0 Å². The fourth-order valence-electron chi connectivity index (χ4n) is 4.68. The van der Waals surface area contributed by atoms with Crippen LogP contribution in [-0.4, -0.2) is 90.4 Å². The largest absolute Gasteiger partial charge is 0.457 e. The summed E-state index contributed by atoms with van der Waals surface area (Å²) in [4.78, 5) is 47.7. The normalized spacial score (nSPS) is 33.9. The van der Waals surface area contributed by atoms with Crippen LogP contribution in [0.15, 0.2) is 30.3 Å². The third-order valence-electron chi connectivity index (χ3n) is 6.26. The maximum Gasteiger partial charge on any atom is 0.303 e. The van der Waals surface area contributed by atoms with Gasteiger partial charge < -0.3 is 43.0 Å². The van der Waals surface area contributed by atoms with Crippen LogP contribution in [0.2, 0.25) is 0 Å². The minimum absolute atomic E-state index is 0.0719. The minimum atomic E-state index is -1.59. The van der Waals surface area contributed by atoms with Crippen molar-refractivity contribution in [1.82, 2.24) is 0 Å². The summed E-state index contributed by atoms with van der Waals surface area (Å²) in [6.45, 7) is 7.89. The van der Waals surface area contributed by atoms with Crippen molar-refractivity contribution in [2.75, 3.05) is 0 Å². The molecule has 2 aliphatic rings. The number of benzene rings is 1. The van der Waals surface area contributed by atoms with Crippen molar-refractivity contribution in [1.29, 1.82) is 0 Å². The number of carbonyl (C=O) groups excluding carboxylic acids is 4. The van der Waals surface area contributed by atoms with Crippen molar-refractivity contribution in [3.05, 3.63) is 35.9 Å². The molecule has 10 atom stereocenters. The summed E-state index contributed by atoms with van der Waals surface area (Å²) in [5.74, 6) is -2.79. The number of hydrogen-bond acceptors (Lipinski definition) is 13. The third-order valence-corrected chi connectivity index (χ3v) is 6.26. The molecule has 2 saturated heterocycles. The average molecular weight is 569 g/mol. The Morgan fingerprint density at radius 2 is 1.15 bits per heavy atom. The van der Waals surface area contributed by atoms with Crippen LogP contribution in [0.1, 0.15) is 47.1 Å². The first-order chi connectivity index (χ1) is 18.9. The maximum absolute atomic E-state index is 12.1. The lowest BCUT2D eigenvalue weighted by Crippen LogP contribution is -2.65. The van der Waals surface area contributed by atoms with E-state index in [1.165, 1.54) is 13.8 Å². The fourth-order valence-corrected chi connectivity index (χ4v) is 4.68. The van der Waals surface area contributed by atoms with Crippen molar-refractivity contribution in [3.63, 3.8) is 0 Å². The van der Waals surface area contributed by atoms with E-state index in [0.717, 1.165) is 19.4 Å². The van der Waals surface area contributed by atoms with Gasteiger partial charge in [-0.3, -0.25) is 19.2 Å². The molecule has 3 rings (SSSR count). The Balaban J connectivity index is 1.95. The van der Waals surface area contributed by atoms with Crippen LogP contribution in [-0.2, 0) is 63.7 Å². The first-order valence-corrected chi connectivity index (χ1v) is 12.9. The van der Waals surface area contributed by atoms with E-state index in [4.69, 9.17) is 37.9 Å². The lowest BCUT2D eigenvalue weighted by Gasteiger charge is -2.47. The van der Waals surface area contributed by atoms with Gasteiger partial charge in [0.05, 0.1) is 18.8 Å². The highest BCUT2D eigenvalue weighted by Gasteiger charge is 2.55. The monoisotopic (exact) mass is 568 g/mol. The van der Waals surface area contributed by atoms with Crippen molar-refractivity contribution in [3.8, 4) is 0 Å². The molecule has 0 amide bonds. The minimum Gasteiger partial charge on any atom is -0.457 e. The summed E-state index contributed by atoms with van der Waals surface area (Å²) in [5.41, 5.74) is 0.802. The van der Waals surface area contributed by atoms with E-state index in [9.17, 15) is 24.3 Å². The van der Waals surface area contributed by atoms with Gasteiger partial charge in [0, 0.05) is 27.7 Å². The number of rotatable bonds is 9. The number of carbonyl (C=O) groups is 4. The van der Waals surface area contributed by atoms with Gasteiger partial charge in [-0.25, -0.2) is 0 Å². The summed E-state index contributed by atoms with van der Waals surface area (Å²) in [6, 6.07) is 9.16. The van der Waals surface area contributed by atoms with Gasteiger partial charge in [0.2, 0.25) is 0 Å². The maximum atomic E-state index is 12.1. The van der Waals surface area contributed by atoms with E-state index >= 15 is 0 Å². The van der Waals surface area contributed by atoms with Crippen LogP contribution < -0.4 is 0 Å². The molecule has 0 aromatic heterocycles. The van der Waals surface area contributed by atoms with Crippen LogP contribution in [0.25, 0.3) is 0 Å². The van der Waals surface area contributed by atoms with Crippen molar-refractivity contribution in [2.24, 2.45) is 0 Å². The number of aliphatic hydroxyl groups excluding tert-OH is 1. The molecule has 2 heterocycles. The Morgan fingerprint density at radius 1 is 0.675 bits per heavy atom. The Hall–Kier alpha value is -3.10. The first-order valence-electron chi connectivity index (χ1n) is 12.9. The van der Waals surface area contributed by atoms with Gasteiger partial charge >= 0.3 is 23.9 Å². The van der Waals surface area contributed by atoms with E-state index in [2.05, 4.69) is 0 Å². The molecule has 0 bridgehead atoms. The fraction of sp³-hybridized carbons (Fsp3) is 0.630. The summed E-state index contributed by atoms with van der Waals surface area (Å²) in [5, 5.41) is 10.9. The SMILES string of the molecule is CC(=O)O[C@H]1[C@@H](OC(C)=O)[C@@H](C)O[C@@H](O[C@H]2[C@@H](OCc3ccccc3)[C@H](OC(C)=O)[C@@H](C)O[C@@H]2O)[C@@H]1OC(C)=O. The average Bonchev–Trinajstić information content (AvgIpc) is 2.85. The van der Waals surface area contributed by atoms with Crippen molar-refractivity contribution < 1.29 is 62.2 Å². The molecule has 0 saturated carbocycles. The summed E-state index contributed by atoms with van der Waals surface area (Å²) >= 11 is 0. The Kier molecular flexibility index (Phi) is 11.0. The zero-order valence-corrected chi connectivity index (χ0v) is 23.2. The van der Waals surface area contributed by atoms with Crippen LogP contribution in [0.5, 0.6) is 0 Å². The first kappa shape index (κ1) is 31.4. The highest BCUT2D eigenvalue weighted by atomic mass is 16.8. The molecule has 0 spiro atoms. The zero-order chi connectivity index (χ0) is 29.6. The second kappa shape index (κ2) is 14.0. The lowest BCUT2D eigenvalue weighted by atomic mass is 9.97. The van der Waals surface area contributed by atoms with Gasteiger partial charge in [-0.05, 0) is 19.4 Å². The predicted octanol–water partition coefficient (Wildman–Crippen LogP) is 1.17. The molecule has 13 nitrogen and oxygen atoms in total. The molecule has 1 aromatic rings. The van der Waals surface area contributed by atoms with Gasteiger partial charge in [-0.1, -0.05) is 30.3 Å². The zero-order valence-electron chi connectivity index (χ0n) is 23.2. The van der Waals surface area contributed by atoms with Gasteiger partial charge in [-0.2, -0.15) is 0 Å². The molecule has 2 aliphatic heterocycles. The lowest BCUT2D eigenvalue weighted by molar-refractivity contribution is -0.361. The molecule has 2 fully saturated rings. The quantitative estimate of drug-likeness (QED) is 0.334. The molecule has 0 unspecified atom stereocenters. The van der Waals surface area contributed by atoms with Gasteiger partial charge in [0.15, 0.2) is 37.0 Å². The molecule has 1 aromatic carbocycles. The number of hydrogen-bond donors (Lipinski definition) is 1. The van der Waals surface area contributed by atoms with Crippen LogP contribution in [0.3, 0.4) is 0 Å². The molecular weight excluding hydrogens is 532 g/mol. The molecule has 222 valence electrons. The second-order valence-electron chi connectivity index (χ2n) is 9.60.